The van der Waals surface area contributed by atoms with Gasteiger partial charge in [-0.15, -0.1) is 0 Å². The van der Waals surface area contributed by atoms with Crippen LogP contribution in [0.5, 0.6) is 17.2 Å². The molecular weight excluding hydrogens is 404 g/mol. The van der Waals surface area contributed by atoms with E-state index < -0.39 is 0 Å². The summed E-state index contributed by atoms with van der Waals surface area (Å²) in [6, 6.07) is 15.9. The Morgan fingerprint density at radius 3 is 2.44 bits per heavy atom. The summed E-state index contributed by atoms with van der Waals surface area (Å²) >= 11 is 0. The molecule has 2 N–H and O–H groups in total. The van der Waals surface area contributed by atoms with Crippen molar-refractivity contribution in [2.24, 2.45) is 10.9 Å². The van der Waals surface area contributed by atoms with Gasteiger partial charge in [0.05, 0.1) is 26.5 Å². The second-order valence-corrected chi connectivity index (χ2v) is 7.95. The summed E-state index contributed by atoms with van der Waals surface area (Å²) in [6.07, 6.45) is 1.06. The zero-order chi connectivity index (χ0) is 22.8. The molecule has 0 spiro atoms. The van der Waals surface area contributed by atoms with Crippen LogP contribution in [0.15, 0.2) is 53.5 Å². The van der Waals surface area contributed by atoms with Gasteiger partial charge in [0, 0.05) is 26.2 Å². The number of para-hydroxylation sites is 4. The second kappa shape index (κ2) is 12.1. The molecule has 7 heteroatoms. The Balaban J connectivity index is 1.51. The highest BCUT2D eigenvalue weighted by Crippen LogP contribution is 2.31. The number of nitrogens with zero attached hydrogens (tertiary/aromatic N) is 2. The molecule has 0 amide bonds. The predicted octanol–water partition coefficient (Wildman–Crippen LogP) is 3.55. The summed E-state index contributed by atoms with van der Waals surface area (Å²) in [5.41, 5.74) is 1.17. The number of ether oxygens (including phenoxy) is 3. The summed E-state index contributed by atoms with van der Waals surface area (Å²) in [5.74, 6) is 3.76. The molecule has 3 rings (SSSR count). The van der Waals surface area contributed by atoms with Gasteiger partial charge < -0.3 is 29.7 Å². The van der Waals surface area contributed by atoms with Gasteiger partial charge in [-0.1, -0.05) is 24.3 Å². The second-order valence-electron chi connectivity index (χ2n) is 7.95. The maximum atomic E-state index is 6.02. The third-order valence-corrected chi connectivity index (χ3v) is 5.52. The van der Waals surface area contributed by atoms with Crippen molar-refractivity contribution < 1.29 is 14.2 Å². The van der Waals surface area contributed by atoms with Crippen molar-refractivity contribution in [3.8, 4) is 17.2 Å². The van der Waals surface area contributed by atoms with Gasteiger partial charge in [-0.25, -0.2) is 4.99 Å². The van der Waals surface area contributed by atoms with Crippen molar-refractivity contribution in [3.05, 3.63) is 48.5 Å². The maximum Gasteiger partial charge on any atom is 0.191 e. The Kier molecular flexibility index (Phi) is 8.90. The maximum absolute atomic E-state index is 6.02. The van der Waals surface area contributed by atoms with Gasteiger partial charge in [0.2, 0.25) is 0 Å². The Bertz CT molecular complexity index is 874. The fourth-order valence-corrected chi connectivity index (χ4v) is 3.88. The molecule has 0 aliphatic carbocycles. The van der Waals surface area contributed by atoms with Crippen molar-refractivity contribution in [2.45, 2.75) is 26.4 Å². The Labute approximate surface area is 191 Å². The summed E-state index contributed by atoms with van der Waals surface area (Å²) in [4.78, 5) is 7.13. The zero-order valence-electron chi connectivity index (χ0n) is 19.6. The van der Waals surface area contributed by atoms with Crippen molar-refractivity contribution in [3.63, 3.8) is 0 Å². The third kappa shape index (κ3) is 6.45. The first-order chi connectivity index (χ1) is 15.6. The van der Waals surface area contributed by atoms with Crippen molar-refractivity contribution >= 4 is 11.6 Å². The van der Waals surface area contributed by atoms with Crippen molar-refractivity contribution in [1.82, 2.24) is 10.6 Å². The first kappa shape index (κ1) is 23.6. The van der Waals surface area contributed by atoms with E-state index >= 15 is 0 Å². The van der Waals surface area contributed by atoms with Gasteiger partial charge in [0.15, 0.2) is 17.5 Å². The van der Waals surface area contributed by atoms with Gasteiger partial charge in [-0.3, -0.25) is 0 Å². The lowest BCUT2D eigenvalue weighted by Gasteiger charge is -2.21. The molecule has 32 heavy (non-hydrogen) atoms. The Morgan fingerprint density at radius 1 is 1.03 bits per heavy atom. The lowest BCUT2D eigenvalue weighted by Crippen LogP contribution is -2.41. The monoisotopic (exact) mass is 440 g/mol. The average molecular weight is 441 g/mol. The quantitative estimate of drug-likeness (QED) is 0.435. The lowest BCUT2D eigenvalue weighted by molar-refractivity contribution is 0.219. The number of hydrogen-bond acceptors (Lipinski definition) is 5. The molecule has 1 saturated heterocycles. The number of aliphatic imine (C=N–C) groups is 1. The van der Waals surface area contributed by atoms with Crippen LogP contribution in [0.4, 0.5) is 5.69 Å². The number of anilines is 1. The normalized spacial score (nSPS) is 17.1. The molecule has 0 aromatic heterocycles. The van der Waals surface area contributed by atoms with Crippen molar-refractivity contribution in [2.75, 3.05) is 51.8 Å². The number of guanidine groups is 1. The van der Waals surface area contributed by atoms with Gasteiger partial charge in [0.25, 0.3) is 0 Å². The fourth-order valence-electron chi connectivity index (χ4n) is 3.88. The summed E-state index contributed by atoms with van der Waals surface area (Å²) in [6.45, 7) is 8.35. The number of hydrogen-bond donors (Lipinski definition) is 2. The average Bonchev–Trinajstić information content (AvgIpc) is 3.30. The minimum atomic E-state index is -0.0747. The van der Waals surface area contributed by atoms with E-state index in [-0.39, 0.29) is 6.10 Å². The molecule has 174 valence electrons. The van der Waals surface area contributed by atoms with E-state index in [9.17, 15) is 0 Å². The number of benzene rings is 2. The lowest BCUT2D eigenvalue weighted by atomic mass is 10.1. The summed E-state index contributed by atoms with van der Waals surface area (Å²) in [7, 11) is 3.38. The number of methoxy groups -OCH3 is 2. The van der Waals surface area contributed by atoms with Crippen LogP contribution in [-0.2, 0) is 0 Å². The molecule has 2 atom stereocenters. The van der Waals surface area contributed by atoms with Crippen LogP contribution in [0.2, 0.25) is 0 Å². The van der Waals surface area contributed by atoms with Crippen molar-refractivity contribution in [1.29, 1.82) is 0 Å². The highest BCUT2D eigenvalue weighted by Gasteiger charge is 2.24. The minimum absolute atomic E-state index is 0.0747. The molecule has 7 nitrogen and oxygen atoms in total. The molecule has 2 aromatic rings. The van der Waals surface area contributed by atoms with E-state index in [1.165, 1.54) is 5.69 Å². The van der Waals surface area contributed by atoms with E-state index in [1.54, 1.807) is 14.2 Å². The predicted molar refractivity (Wildman–Crippen MR) is 130 cm³/mol. The van der Waals surface area contributed by atoms with Crippen LogP contribution < -0.4 is 29.7 Å². The van der Waals surface area contributed by atoms with Crippen LogP contribution in [0.1, 0.15) is 20.3 Å². The zero-order valence-corrected chi connectivity index (χ0v) is 19.6. The first-order valence-electron chi connectivity index (χ1n) is 11.3. The molecule has 0 bridgehead atoms. The van der Waals surface area contributed by atoms with E-state index in [0.29, 0.717) is 12.5 Å². The van der Waals surface area contributed by atoms with Crippen LogP contribution >= 0.6 is 0 Å². The SMILES string of the molecule is CCNC(=NCC(C)Oc1ccccc1OC)NCC1CCN(c2ccccc2OC)C1. The molecule has 0 radical (unpaired) electrons. The van der Waals surface area contributed by atoms with Crippen LogP contribution in [0.3, 0.4) is 0 Å². The third-order valence-electron chi connectivity index (χ3n) is 5.52. The van der Waals surface area contributed by atoms with E-state index in [2.05, 4.69) is 34.6 Å². The molecule has 1 aliphatic rings. The molecule has 2 unspecified atom stereocenters. The van der Waals surface area contributed by atoms with Crippen LogP contribution in [0, 0.1) is 5.92 Å². The molecule has 1 fully saturated rings. The number of rotatable bonds is 10. The smallest absolute Gasteiger partial charge is 0.191 e. The minimum Gasteiger partial charge on any atom is -0.495 e. The van der Waals surface area contributed by atoms with E-state index in [1.807, 2.05) is 43.3 Å². The van der Waals surface area contributed by atoms with Gasteiger partial charge in [0.1, 0.15) is 11.9 Å². The summed E-state index contributed by atoms with van der Waals surface area (Å²) < 4.78 is 16.9. The molecule has 2 aromatic carbocycles. The molecule has 1 heterocycles. The Morgan fingerprint density at radius 2 is 1.72 bits per heavy atom. The fraction of sp³-hybridized carbons (Fsp3) is 0.480. The Hall–Kier alpha value is -3.09. The first-order valence-corrected chi connectivity index (χ1v) is 11.3. The van der Waals surface area contributed by atoms with Crippen LogP contribution in [0.25, 0.3) is 0 Å². The largest absolute Gasteiger partial charge is 0.495 e. The van der Waals surface area contributed by atoms with Gasteiger partial charge in [-0.05, 0) is 50.5 Å². The van der Waals surface area contributed by atoms with Gasteiger partial charge >= 0.3 is 0 Å². The van der Waals surface area contributed by atoms with E-state index in [0.717, 1.165) is 55.8 Å². The highest BCUT2D eigenvalue weighted by atomic mass is 16.5. The molecule has 1 aliphatic heterocycles. The summed E-state index contributed by atoms with van der Waals surface area (Å²) in [5, 5.41) is 6.84. The van der Waals surface area contributed by atoms with E-state index in [4.69, 9.17) is 19.2 Å². The number of nitrogens with one attached hydrogen (secondary N) is 2. The van der Waals surface area contributed by atoms with Gasteiger partial charge in [-0.2, -0.15) is 0 Å². The highest BCUT2D eigenvalue weighted by molar-refractivity contribution is 5.79. The molecular formula is C25H36N4O3. The molecule has 0 saturated carbocycles. The standard InChI is InChI=1S/C25H36N4O3/c1-5-26-25(27-16-19(2)32-24-13-9-8-12-23(24)31-4)28-17-20-14-15-29(18-20)21-10-6-7-11-22(21)30-3/h6-13,19-20H,5,14-18H2,1-4H3,(H2,26,27,28). The van der Waals surface area contributed by atoms with Crippen LogP contribution in [-0.4, -0.2) is 59.0 Å². The topological polar surface area (TPSA) is 67.4 Å².